The molecular weight excluding hydrogens is 462 g/mol. The molecule has 0 radical (unpaired) electrons. The highest BCUT2D eigenvalue weighted by atomic mass is 16.5. The molecule has 3 heterocycles. The van der Waals surface area contributed by atoms with Crippen LogP contribution in [-0.4, -0.2) is 25.7 Å². The van der Waals surface area contributed by atoms with E-state index in [1.54, 1.807) is 6.07 Å². The van der Waals surface area contributed by atoms with E-state index in [9.17, 15) is 9.59 Å². The lowest BCUT2D eigenvalue weighted by Gasteiger charge is -2.37. The van der Waals surface area contributed by atoms with Crippen LogP contribution in [0.25, 0.3) is 11.0 Å². The molecule has 0 saturated heterocycles. The van der Waals surface area contributed by atoms with Gasteiger partial charge in [0.1, 0.15) is 11.1 Å². The van der Waals surface area contributed by atoms with Gasteiger partial charge in [-0.25, -0.2) is 9.59 Å². The molecule has 5 nitrogen and oxygen atoms in total. The molecule has 0 atom stereocenters. The number of carbonyl (C=O) groups is 1. The summed E-state index contributed by atoms with van der Waals surface area (Å²) < 4.78 is 11.2. The first-order valence-corrected chi connectivity index (χ1v) is 15.2. The molecule has 1 aromatic heterocycles. The highest BCUT2D eigenvalue weighted by molar-refractivity contribution is 5.95. The summed E-state index contributed by atoms with van der Waals surface area (Å²) in [5.41, 5.74) is 3.80. The second kappa shape index (κ2) is 14.6. The third kappa shape index (κ3) is 7.61. The second-order valence-electron chi connectivity index (χ2n) is 11.2. The van der Waals surface area contributed by atoms with E-state index in [0.29, 0.717) is 12.2 Å². The molecular formula is C32H47NO4. The zero-order valence-corrected chi connectivity index (χ0v) is 23.1. The number of hydrogen-bond donors (Lipinski definition) is 0. The van der Waals surface area contributed by atoms with E-state index >= 15 is 0 Å². The Bertz CT molecular complexity index is 1070. The Morgan fingerprint density at radius 2 is 1.43 bits per heavy atom. The number of esters is 1. The average Bonchev–Trinajstić information content (AvgIpc) is 2.91. The number of ether oxygens (including phenoxy) is 1. The van der Waals surface area contributed by atoms with E-state index in [1.807, 2.05) is 0 Å². The lowest BCUT2D eigenvalue weighted by molar-refractivity contribution is 0.0493. The maximum Gasteiger partial charge on any atom is 0.351 e. The Hall–Kier alpha value is -2.30. The van der Waals surface area contributed by atoms with Gasteiger partial charge in [-0.15, -0.1) is 0 Å². The van der Waals surface area contributed by atoms with Crippen LogP contribution in [0.2, 0.25) is 0 Å². The fraction of sp³-hybridized carbons (Fsp3) is 0.688. The lowest BCUT2D eigenvalue weighted by atomic mass is 9.90. The minimum atomic E-state index is -0.581. The minimum absolute atomic E-state index is 0.0217. The molecule has 0 aliphatic carbocycles. The van der Waals surface area contributed by atoms with Crippen LogP contribution >= 0.6 is 0 Å². The van der Waals surface area contributed by atoms with E-state index in [2.05, 4.69) is 17.9 Å². The van der Waals surface area contributed by atoms with E-state index in [1.165, 1.54) is 88.3 Å². The van der Waals surface area contributed by atoms with Gasteiger partial charge in [0.15, 0.2) is 0 Å². The van der Waals surface area contributed by atoms with Crippen LogP contribution in [0.1, 0.15) is 131 Å². The van der Waals surface area contributed by atoms with Crippen LogP contribution < -0.4 is 10.5 Å². The number of benzene rings is 1. The number of hydrogen-bond acceptors (Lipinski definition) is 5. The summed E-state index contributed by atoms with van der Waals surface area (Å²) in [6, 6.07) is 3.80. The number of aryl methyl sites for hydroxylation is 2. The Balaban J connectivity index is 1.15. The number of nitrogens with zero attached hydrogens (tertiary/aromatic N) is 1. The molecule has 204 valence electrons. The summed E-state index contributed by atoms with van der Waals surface area (Å²) >= 11 is 0. The van der Waals surface area contributed by atoms with Gasteiger partial charge in [-0.2, -0.15) is 0 Å². The maximum absolute atomic E-state index is 12.7. The first kappa shape index (κ1) is 27.7. The Labute approximate surface area is 222 Å². The van der Waals surface area contributed by atoms with Crippen LogP contribution in [0.5, 0.6) is 0 Å². The Kier molecular flexibility index (Phi) is 10.9. The van der Waals surface area contributed by atoms with Gasteiger partial charge >= 0.3 is 11.6 Å². The zero-order valence-electron chi connectivity index (χ0n) is 23.1. The second-order valence-corrected chi connectivity index (χ2v) is 11.2. The van der Waals surface area contributed by atoms with Crippen molar-refractivity contribution in [1.29, 1.82) is 0 Å². The fourth-order valence-electron chi connectivity index (χ4n) is 6.13. The lowest BCUT2D eigenvalue weighted by Crippen LogP contribution is -2.34. The topological polar surface area (TPSA) is 59.8 Å². The summed E-state index contributed by atoms with van der Waals surface area (Å²) in [6.07, 6.45) is 22.2. The van der Waals surface area contributed by atoms with Crippen molar-refractivity contribution in [2.24, 2.45) is 0 Å². The van der Waals surface area contributed by atoms with Crippen LogP contribution in [0.15, 0.2) is 21.3 Å². The van der Waals surface area contributed by atoms with Crippen molar-refractivity contribution in [2.45, 2.75) is 122 Å². The highest BCUT2D eigenvalue weighted by Gasteiger charge is 2.27. The summed E-state index contributed by atoms with van der Waals surface area (Å²) in [5.74, 6) is -0.557. The van der Waals surface area contributed by atoms with E-state index in [-0.39, 0.29) is 5.56 Å². The number of carbonyl (C=O) groups excluding carboxylic acids is 1. The monoisotopic (exact) mass is 509 g/mol. The smallest absolute Gasteiger partial charge is 0.351 e. The molecule has 0 saturated carbocycles. The van der Waals surface area contributed by atoms with Crippen molar-refractivity contribution < 1.29 is 13.9 Å². The summed E-state index contributed by atoms with van der Waals surface area (Å²) in [5, 5.41) is 0.848. The molecule has 0 fully saturated rings. The predicted molar refractivity (Wildman–Crippen MR) is 152 cm³/mol. The molecule has 0 N–H and O–H groups in total. The summed E-state index contributed by atoms with van der Waals surface area (Å²) in [4.78, 5) is 27.8. The normalized spacial score (nSPS) is 14.7. The Morgan fingerprint density at radius 1 is 0.838 bits per heavy atom. The van der Waals surface area contributed by atoms with Crippen LogP contribution in [0.4, 0.5) is 5.69 Å². The van der Waals surface area contributed by atoms with Gasteiger partial charge in [-0.05, 0) is 49.8 Å². The molecule has 0 unspecified atom stereocenters. The van der Waals surface area contributed by atoms with Crippen LogP contribution in [0, 0.1) is 0 Å². The van der Waals surface area contributed by atoms with Gasteiger partial charge in [-0.1, -0.05) is 90.4 Å². The van der Waals surface area contributed by atoms with E-state index in [0.717, 1.165) is 62.6 Å². The van der Waals surface area contributed by atoms with Gasteiger partial charge in [0.2, 0.25) is 0 Å². The molecule has 0 amide bonds. The standard InChI is InChI=1S/C32H47NO4/c1-2-3-4-5-6-7-8-9-10-11-12-13-14-15-22-36-31(34)28-24-26-23-25-18-16-20-33-21-17-19-27(29(25)33)30(26)37-32(28)35/h23-24H,2-22H2,1H3. The SMILES string of the molecule is CCCCCCCCCCCCCCCCOC(=O)c1cc2cc3c4c(c2oc1=O)CCCN4CCC3. The maximum atomic E-state index is 12.7. The molecule has 2 aliphatic heterocycles. The van der Waals surface area contributed by atoms with Gasteiger partial charge in [-0.3, -0.25) is 0 Å². The highest BCUT2D eigenvalue weighted by Crippen LogP contribution is 2.39. The molecule has 5 heteroatoms. The fourth-order valence-corrected chi connectivity index (χ4v) is 6.13. The zero-order chi connectivity index (χ0) is 25.9. The first-order chi connectivity index (χ1) is 18.2. The number of fused-ring (bicyclic) bond motifs is 2. The van der Waals surface area contributed by atoms with Crippen molar-refractivity contribution in [3.63, 3.8) is 0 Å². The van der Waals surface area contributed by atoms with E-state index in [4.69, 9.17) is 9.15 Å². The van der Waals surface area contributed by atoms with E-state index < -0.39 is 11.6 Å². The summed E-state index contributed by atoms with van der Waals surface area (Å²) in [6.45, 7) is 4.77. The number of unbranched alkanes of at least 4 members (excludes halogenated alkanes) is 13. The van der Waals surface area contributed by atoms with Gasteiger partial charge in [0.25, 0.3) is 0 Å². The van der Waals surface area contributed by atoms with Crippen molar-refractivity contribution in [1.82, 2.24) is 0 Å². The largest absolute Gasteiger partial charge is 0.462 e. The van der Waals surface area contributed by atoms with Crippen molar-refractivity contribution in [2.75, 3.05) is 24.6 Å². The third-order valence-corrected chi connectivity index (χ3v) is 8.17. The van der Waals surface area contributed by atoms with Crippen LogP contribution in [-0.2, 0) is 17.6 Å². The minimum Gasteiger partial charge on any atom is -0.462 e. The molecule has 2 aromatic rings. The molecule has 2 aliphatic rings. The Morgan fingerprint density at radius 3 is 2.08 bits per heavy atom. The third-order valence-electron chi connectivity index (χ3n) is 8.17. The van der Waals surface area contributed by atoms with Gasteiger partial charge < -0.3 is 14.1 Å². The first-order valence-electron chi connectivity index (χ1n) is 15.2. The number of rotatable bonds is 16. The number of anilines is 1. The van der Waals surface area contributed by atoms with Crippen molar-refractivity contribution >= 4 is 22.6 Å². The van der Waals surface area contributed by atoms with Gasteiger partial charge in [0.05, 0.1) is 6.61 Å². The van der Waals surface area contributed by atoms with Crippen LogP contribution in [0.3, 0.4) is 0 Å². The average molecular weight is 510 g/mol. The van der Waals surface area contributed by atoms with Crippen molar-refractivity contribution in [3.05, 3.63) is 39.2 Å². The molecule has 37 heavy (non-hydrogen) atoms. The molecule has 0 bridgehead atoms. The molecule has 4 rings (SSSR count). The quantitative estimate of drug-likeness (QED) is 0.130. The predicted octanol–water partition coefficient (Wildman–Crippen LogP) is 8.13. The van der Waals surface area contributed by atoms with Crippen molar-refractivity contribution in [3.8, 4) is 0 Å². The molecule has 1 aromatic carbocycles. The summed E-state index contributed by atoms with van der Waals surface area (Å²) in [7, 11) is 0. The molecule has 0 spiro atoms. The van der Waals surface area contributed by atoms with Gasteiger partial charge in [0, 0.05) is 29.7 Å².